The maximum Gasteiger partial charge on any atom is 0.330 e. The molecule has 0 aromatic heterocycles. The van der Waals surface area contributed by atoms with Crippen LogP contribution < -0.4 is 0 Å². The summed E-state index contributed by atoms with van der Waals surface area (Å²) >= 11 is 3.24. The second kappa shape index (κ2) is 5.97. The van der Waals surface area contributed by atoms with E-state index in [1.54, 1.807) is 24.3 Å². The molecule has 6 heteroatoms. The largest absolute Gasteiger partial charge is 0.468 e. The first-order valence-corrected chi connectivity index (χ1v) is 5.86. The van der Waals surface area contributed by atoms with Gasteiger partial charge in [-0.2, -0.15) is 0 Å². The summed E-state index contributed by atoms with van der Waals surface area (Å²) in [5, 5.41) is 9.51. The Morgan fingerprint density at radius 2 is 1.83 bits per heavy atom. The van der Waals surface area contributed by atoms with Crippen LogP contribution in [0.5, 0.6) is 0 Å². The molecular weight excluding hydrogens is 304 g/mol. The van der Waals surface area contributed by atoms with Gasteiger partial charge in [0.05, 0.1) is 20.8 Å². The number of rotatable bonds is 4. The minimum absolute atomic E-state index is 0.304. The SMILES string of the molecule is COC(=O)C(CO)(C(=O)OC)c1cccc(Br)c1. The summed E-state index contributed by atoms with van der Waals surface area (Å²) in [6, 6.07) is 6.49. The van der Waals surface area contributed by atoms with Crippen LogP contribution in [0.1, 0.15) is 5.56 Å². The van der Waals surface area contributed by atoms with Gasteiger partial charge in [0.2, 0.25) is 5.41 Å². The molecule has 0 unspecified atom stereocenters. The molecule has 1 aromatic carbocycles. The zero-order valence-electron chi connectivity index (χ0n) is 9.97. The molecule has 0 amide bonds. The maximum absolute atomic E-state index is 11.9. The first kappa shape index (κ1) is 14.7. The Balaban J connectivity index is 3.44. The third kappa shape index (κ3) is 2.39. The molecule has 0 spiro atoms. The van der Waals surface area contributed by atoms with Crippen molar-refractivity contribution in [2.45, 2.75) is 5.41 Å². The number of ether oxygens (including phenoxy) is 2. The van der Waals surface area contributed by atoms with Gasteiger partial charge in [-0.15, -0.1) is 0 Å². The number of esters is 2. The number of benzene rings is 1. The summed E-state index contributed by atoms with van der Waals surface area (Å²) in [6.07, 6.45) is 0. The first-order valence-electron chi connectivity index (χ1n) is 5.06. The van der Waals surface area contributed by atoms with E-state index in [1.807, 2.05) is 0 Å². The predicted molar refractivity (Wildman–Crippen MR) is 66.9 cm³/mol. The minimum atomic E-state index is -1.85. The van der Waals surface area contributed by atoms with Crippen molar-refractivity contribution in [2.75, 3.05) is 20.8 Å². The van der Waals surface area contributed by atoms with Crippen molar-refractivity contribution >= 4 is 27.9 Å². The lowest BCUT2D eigenvalue weighted by Crippen LogP contribution is -2.48. The molecule has 1 N–H and O–H groups in total. The molecule has 0 radical (unpaired) electrons. The summed E-state index contributed by atoms with van der Waals surface area (Å²) in [5.74, 6) is -1.73. The van der Waals surface area contributed by atoms with Gasteiger partial charge in [-0.25, -0.2) is 0 Å². The van der Waals surface area contributed by atoms with Crippen molar-refractivity contribution in [3.63, 3.8) is 0 Å². The molecule has 1 rings (SSSR count). The number of hydrogen-bond donors (Lipinski definition) is 1. The van der Waals surface area contributed by atoms with Crippen molar-refractivity contribution in [1.82, 2.24) is 0 Å². The topological polar surface area (TPSA) is 72.8 Å². The van der Waals surface area contributed by atoms with Crippen LogP contribution in [-0.4, -0.2) is 37.9 Å². The van der Waals surface area contributed by atoms with Gasteiger partial charge in [-0.3, -0.25) is 9.59 Å². The van der Waals surface area contributed by atoms with E-state index < -0.39 is 24.0 Å². The fraction of sp³-hybridized carbons (Fsp3) is 0.333. The van der Waals surface area contributed by atoms with Crippen LogP contribution in [0.2, 0.25) is 0 Å². The van der Waals surface area contributed by atoms with Gasteiger partial charge >= 0.3 is 11.9 Å². The number of aliphatic hydroxyl groups is 1. The highest BCUT2D eigenvalue weighted by atomic mass is 79.9. The molecule has 5 nitrogen and oxygen atoms in total. The van der Waals surface area contributed by atoms with Crippen molar-refractivity contribution in [3.8, 4) is 0 Å². The lowest BCUT2D eigenvalue weighted by atomic mass is 9.81. The lowest BCUT2D eigenvalue weighted by Gasteiger charge is -2.26. The smallest absolute Gasteiger partial charge is 0.330 e. The van der Waals surface area contributed by atoms with Crippen LogP contribution in [0.15, 0.2) is 28.7 Å². The average Bonchev–Trinajstić information content (AvgIpc) is 2.39. The van der Waals surface area contributed by atoms with Crippen molar-refractivity contribution < 1.29 is 24.2 Å². The molecule has 98 valence electrons. The molecule has 0 aliphatic heterocycles. The Kier molecular flexibility index (Phi) is 4.86. The van der Waals surface area contributed by atoms with Gasteiger partial charge in [0.1, 0.15) is 0 Å². The van der Waals surface area contributed by atoms with E-state index in [4.69, 9.17) is 0 Å². The zero-order chi connectivity index (χ0) is 13.8. The normalized spacial score (nSPS) is 10.9. The monoisotopic (exact) mass is 316 g/mol. The highest BCUT2D eigenvalue weighted by molar-refractivity contribution is 9.10. The standard InChI is InChI=1S/C12H13BrO5/c1-17-10(15)12(7-14,11(16)18-2)8-4-3-5-9(13)6-8/h3-6,14H,7H2,1-2H3. The third-order valence-corrected chi connectivity index (χ3v) is 3.12. The van der Waals surface area contributed by atoms with Crippen LogP contribution in [-0.2, 0) is 24.5 Å². The van der Waals surface area contributed by atoms with Gasteiger partial charge in [0.15, 0.2) is 0 Å². The molecule has 18 heavy (non-hydrogen) atoms. The van der Waals surface area contributed by atoms with Crippen molar-refractivity contribution in [1.29, 1.82) is 0 Å². The molecule has 0 saturated heterocycles. The van der Waals surface area contributed by atoms with Crippen LogP contribution in [0.4, 0.5) is 0 Å². The number of halogens is 1. The van der Waals surface area contributed by atoms with E-state index in [0.717, 1.165) is 14.2 Å². The third-order valence-electron chi connectivity index (χ3n) is 2.62. The summed E-state index contributed by atoms with van der Waals surface area (Å²) in [6.45, 7) is -0.733. The van der Waals surface area contributed by atoms with E-state index in [2.05, 4.69) is 25.4 Å². The predicted octanol–water partition coefficient (Wildman–Crippen LogP) is 1.03. The van der Waals surface area contributed by atoms with Gasteiger partial charge in [0, 0.05) is 4.47 Å². The van der Waals surface area contributed by atoms with E-state index in [1.165, 1.54) is 0 Å². The lowest BCUT2D eigenvalue weighted by molar-refractivity contribution is -0.164. The summed E-state index contributed by atoms with van der Waals surface area (Å²) in [5.41, 5.74) is -1.55. The van der Waals surface area contributed by atoms with E-state index >= 15 is 0 Å². The van der Waals surface area contributed by atoms with E-state index in [-0.39, 0.29) is 0 Å². The molecule has 0 bridgehead atoms. The van der Waals surface area contributed by atoms with Gasteiger partial charge < -0.3 is 14.6 Å². The van der Waals surface area contributed by atoms with Gasteiger partial charge in [0.25, 0.3) is 0 Å². The molecule has 0 atom stereocenters. The fourth-order valence-corrected chi connectivity index (χ4v) is 2.04. The number of carbonyl (C=O) groups excluding carboxylic acids is 2. The molecule has 0 heterocycles. The summed E-state index contributed by atoms with van der Waals surface area (Å²) in [4.78, 5) is 23.8. The fourth-order valence-electron chi connectivity index (χ4n) is 1.64. The molecule has 0 aliphatic rings. The van der Waals surface area contributed by atoms with Crippen molar-refractivity contribution in [3.05, 3.63) is 34.3 Å². The zero-order valence-corrected chi connectivity index (χ0v) is 11.6. The Hall–Kier alpha value is -1.40. The molecule has 0 saturated carbocycles. The van der Waals surface area contributed by atoms with Gasteiger partial charge in [-0.05, 0) is 17.7 Å². The summed E-state index contributed by atoms with van der Waals surface area (Å²) in [7, 11) is 2.29. The highest BCUT2D eigenvalue weighted by Crippen LogP contribution is 2.29. The average molecular weight is 317 g/mol. The molecule has 1 aromatic rings. The maximum atomic E-state index is 11.9. The number of carbonyl (C=O) groups is 2. The van der Waals surface area contributed by atoms with Gasteiger partial charge in [-0.1, -0.05) is 28.1 Å². The van der Waals surface area contributed by atoms with Crippen LogP contribution in [0, 0.1) is 0 Å². The minimum Gasteiger partial charge on any atom is -0.468 e. The Bertz CT molecular complexity index is 442. The Labute approximate surface area is 113 Å². The Morgan fingerprint density at radius 3 is 2.22 bits per heavy atom. The van der Waals surface area contributed by atoms with E-state index in [0.29, 0.717) is 10.0 Å². The van der Waals surface area contributed by atoms with Crippen LogP contribution in [0.25, 0.3) is 0 Å². The van der Waals surface area contributed by atoms with Crippen LogP contribution in [0.3, 0.4) is 0 Å². The van der Waals surface area contributed by atoms with Crippen molar-refractivity contribution in [2.24, 2.45) is 0 Å². The molecular formula is C12H13BrO5. The Morgan fingerprint density at radius 1 is 1.28 bits per heavy atom. The quantitative estimate of drug-likeness (QED) is 0.663. The second-order valence-corrected chi connectivity index (χ2v) is 4.47. The number of hydrogen-bond acceptors (Lipinski definition) is 5. The number of methoxy groups -OCH3 is 2. The van der Waals surface area contributed by atoms with E-state index in [9.17, 15) is 14.7 Å². The second-order valence-electron chi connectivity index (χ2n) is 3.56. The van der Waals surface area contributed by atoms with Crippen LogP contribution >= 0.6 is 15.9 Å². The first-order chi connectivity index (χ1) is 8.52. The molecule has 0 aliphatic carbocycles. The number of aliphatic hydroxyl groups excluding tert-OH is 1. The highest BCUT2D eigenvalue weighted by Gasteiger charge is 2.50. The molecule has 0 fully saturated rings. The summed E-state index contributed by atoms with van der Waals surface area (Å²) < 4.78 is 9.89.